The zero-order valence-corrected chi connectivity index (χ0v) is 10.3. The van der Waals surface area contributed by atoms with Crippen molar-refractivity contribution in [2.75, 3.05) is 0 Å². The second-order valence-corrected chi connectivity index (χ2v) is 5.11. The molecule has 3 heteroatoms. The highest BCUT2D eigenvalue weighted by atomic mass is 127. The Kier molecular flexibility index (Phi) is 5.02. The molecule has 0 aliphatic heterocycles. The van der Waals surface area contributed by atoms with Gasteiger partial charge in [0.05, 0.1) is 0 Å². The summed E-state index contributed by atoms with van der Waals surface area (Å²) in [6.07, 6.45) is 3.82. The van der Waals surface area contributed by atoms with Gasteiger partial charge in [-0.25, -0.2) is 0 Å². The highest BCUT2D eigenvalue weighted by Gasteiger charge is 2.41. The summed E-state index contributed by atoms with van der Waals surface area (Å²) in [6, 6.07) is 0. The molecule has 74 valence electrons. The number of alkyl halides is 1. The topological polar surface area (TPSA) is 40.5 Å². The van der Waals surface area contributed by atoms with Crippen molar-refractivity contribution in [3.05, 3.63) is 0 Å². The van der Waals surface area contributed by atoms with Crippen molar-refractivity contribution in [1.82, 2.24) is 0 Å². The molecule has 0 aliphatic carbocycles. The maximum absolute atomic E-state index is 9.51. The van der Waals surface area contributed by atoms with Gasteiger partial charge in [0.2, 0.25) is 3.79 Å². The molecule has 0 aromatic carbocycles. The predicted molar refractivity (Wildman–Crippen MR) is 59.1 cm³/mol. The molecule has 2 N–H and O–H groups in total. The molecular formula is C9H19IO2. The fraction of sp³-hybridized carbons (Fsp3) is 1.00. The average Bonchev–Trinajstić information content (AvgIpc) is 1.98. The van der Waals surface area contributed by atoms with E-state index in [2.05, 4.69) is 6.92 Å². The second-order valence-electron chi connectivity index (χ2n) is 3.60. The zero-order valence-electron chi connectivity index (χ0n) is 8.10. The molecule has 0 heterocycles. The van der Waals surface area contributed by atoms with Crippen LogP contribution in [0.25, 0.3) is 0 Å². The molecule has 1 unspecified atom stereocenters. The normalized spacial score (nSPS) is 17.5. The largest absolute Gasteiger partial charge is 0.357 e. The van der Waals surface area contributed by atoms with Gasteiger partial charge >= 0.3 is 0 Å². The third-order valence-corrected chi connectivity index (χ3v) is 3.93. The number of halogens is 1. The number of aliphatic hydroxyl groups is 2. The first-order chi connectivity index (χ1) is 5.37. The monoisotopic (exact) mass is 286 g/mol. The summed E-state index contributed by atoms with van der Waals surface area (Å²) in [5, 5.41) is 19.0. The van der Waals surface area contributed by atoms with E-state index in [-0.39, 0.29) is 5.41 Å². The molecule has 2 nitrogen and oxygen atoms in total. The summed E-state index contributed by atoms with van der Waals surface area (Å²) in [5.41, 5.74) is -0.371. The third-order valence-electron chi connectivity index (χ3n) is 2.63. The van der Waals surface area contributed by atoms with E-state index in [4.69, 9.17) is 0 Å². The van der Waals surface area contributed by atoms with Crippen LogP contribution in [0.15, 0.2) is 0 Å². The van der Waals surface area contributed by atoms with Crippen LogP contribution in [0.5, 0.6) is 0 Å². The molecule has 1 atom stereocenters. The van der Waals surface area contributed by atoms with Crippen molar-refractivity contribution < 1.29 is 10.2 Å². The Balaban J connectivity index is 4.24. The Hall–Kier alpha value is 0.650. The SMILES string of the molecule is CCCCC(C)(CC)C(O)(O)I. The lowest BCUT2D eigenvalue weighted by Gasteiger charge is -2.36. The van der Waals surface area contributed by atoms with E-state index in [9.17, 15) is 10.2 Å². The lowest BCUT2D eigenvalue weighted by atomic mass is 9.81. The molecule has 0 aromatic heterocycles. The molecule has 0 aliphatic rings. The Morgan fingerprint density at radius 1 is 1.25 bits per heavy atom. The van der Waals surface area contributed by atoms with Crippen LogP contribution in [0, 0.1) is 5.41 Å². The predicted octanol–water partition coefficient (Wildman–Crippen LogP) is 2.67. The summed E-state index contributed by atoms with van der Waals surface area (Å²) < 4.78 is -1.57. The second kappa shape index (κ2) is 4.77. The molecule has 0 rings (SSSR count). The van der Waals surface area contributed by atoms with Gasteiger partial charge in [-0.2, -0.15) is 0 Å². The van der Waals surface area contributed by atoms with Gasteiger partial charge in [-0.1, -0.05) is 33.6 Å². The molecule has 0 radical (unpaired) electrons. The number of hydrogen-bond donors (Lipinski definition) is 2. The van der Waals surface area contributed by atoms with E-state index in [1.807, 2.05) is 13.8 Å². The molecule has 0 fully saturated rings. The van der Waals surface area contributed by atoms with Crippen LogP contribution in [0.1, 0.15) is 46.5 Å². The van der Waals surface area contributed by atoms with Crippen LogP contribution >= 0.6 is 22.6 Å². The summed E-state index contributed by atoms with van der Waals surface area (Å²) >= 11 is 1.71. The van der Waals surface area contributed by atoms with Crippen LogP contribution in [0.3, 0.4) is 0 Å². The molecule has 0 amide bonds. The van der Waals surface area contributed by atoms with Crippen LogP contribution in [0.2, 0.25) is 0 Å². The molecule has 0 saturated heterocycles. The van der Waals surface area contributed by atoms with Crippen molar-refractivity contribution in [2.24, 2.45) is 5.41 Å². The Morgan fingerprint density at radius 3 is 2.00 bits per heavy atom. The molecular weight excluding hydrogens is 267 g/mol. The lowest BCUT2D eigenvalue weighted by molar-refractivity contribution is -0.150. The van der Waals surface area contributed by atoms with Gasteiger partial charge in [0.15, 0.2) is 0 Å². The Labute approximate surface area is 88.5 Å². The van der Waals surface area contributed by atoms with Crippen LogP contribution in [-0.2, 0) is 0 Å². The molecule has 0 aromatic rings. The van der Waals surface area contributed by atoms with Crippen molar-refractivity contribution in [3.8, 4) is 0 Å². The summed E-state index contributed by atoms with van der Waals surface area (Å²) in [5.74, 6) is 0. The van der Waals surface area contributed by atoms with E-state index in [0.717, 1.165) is 25.7 Å². The number of unbranched alkanes of at least 4 members (excludes halogenated alkanes) is 1. The van der Waals surface area contributed by atoms with Crippen molar-refractivity contribution in [3.63, 3.8) is 0 Å². The lowest BCUT2D eigenvalue weighted by Crippen LogP contribution is -2.40. The first-order valence-corrected chi connectivity index (χ1v) is 5.59. The van der Waals surface area contributed by atoms with Gasteiger partial charge in [0.1, 0.15) is 0 Å². The minimum atomic E-state index is -1.57. The quantitative estimate of drug-likeness (QED) is 0.463. The maximum Gasteiger partial charge on any atom is 0.221 e. The van der Waals surface area contributed by atoms with Gasteiger partial charge in [-0.3, -0.25) is 0 Å². The average molecular weight is 286 g/mol. The van der Waals surface area contributed by atoms with Crippen LogP contribution in [0.4, 0.5) is 0 Å². The standard InChI is InChI=1S/C9H19IO2/c1-4-6-7-8(3,5-2)9(10,11)12/h11-12H,4-7H2,1-3H3. The van der Waals surface area contributed by atoms with Gasteiger partial charge in [0.25, 0.3) is 0 Å². The van der Waals surface area contributed by atoms with E-state index < -0.39 is 3.79 Å². The summed E-state index contributed by atoms with van der Waals surface area (Å²) in [6.45, 7) is 6.03. The number of hydrogen-bond acceptors (Lipinski definition) is 2. The van der Waals surface area contributed by atoms with Crippen LogP contribution in [-0.4, -0.2) is 14.0 Å². The van der Waals surface area contributed by atoms with E-state index in [1.54, 1.807) is 22.6 Å². The summed E-state index contributed by atoms with van der Waals surface area (Å²) in [7, 11) is 0. The molecule has 12 heavy (non-hydrogen) atoms. The van der Waals surface area contributed by atoms with Crippen LogP contribution < -0.4 is 0 Å². The van der Waals surface area contributed by atoms with Gasteiger partial charge in [-0.15, -0.1) is 0 Å². The van der Waals surface area contributed by atoms with Crippen molar-refractivity contribution in [1.29, 1.82) is 0 Å². The smallest absolute Gasteiger partial charge is 0.221 e. The van der Waals surface area contributed by atoms with Gasteiger partial charge < -0.3 is 10.2 Å². The fourth-order valence-electron chi connectivity index (χ4n) is 1.13. The van der Waals surface area contributed by atoms with E-state index in [1.165, 1.54) is 0 Å². The zero-order chi connectivity index (χ0) is 9.83. The van der Waals surface area contributed by atoms with Crippen molar-refractivity contribution >= 4 is 22.6 Å². The van der Waals surface area contributed by atoms with E-state index >= 15 is 0 Å². The minimum Gasteiger partial charge on any atom is -0.357 e. The molecule has 0 spiro atoms. The molecule has 0 saturated carbocycles. The first kappa shape index (κ1) is 12.7. The summed E-state index contributed by atoms with van der Waals surface area (Å²) in [4.78, 5) is 0. The minimum absolute atomic E-state index is 0.371. The van der Waals surface area contributed by atoms with Gasteiger partial charge in [-0.05, 0) is 35.4 Å². The highest BCUT2D eigenvalue weighted by molar-refractivity contribution is 14.1. The van der Waals surface area contributed by atoms with E-state index in [0.29, 0.717) is 0 Å². The fourth-order valence-corrected chi connectivity index (χ4v) is 1.78. The first-order valence-electron chi connectivity index (χ1n) is 4.51. The van der Waals surface area contributed by atoms with Gasteiger partial charge in [0, 0.05) is 5.41 Å². The Morgan fingerprint density at radius 2 is 1.75 bits per heavy atom. The maximum atomic E-state index is 9.51. The number of rotatable bonds is 5. The highest BCUT2D eigenvalue weighted by Crippen LogP contribution is 2.41. The van der Waals surface area contributed by atoms with Crippen molar-refractivity contribution in [2.45, 2.75) is 50.2 Å². The third kappa shape index (κ3) is 3.18. The Bertz CT molecular complexity index is 131. The molecule has 0 bridgehead atoms.